The molecule has 21 heavy (non-hydrogen) atoms. The number of carboxylic acid groups (broad SMARTS) is 1. The molecule has 1 N–H and O–H groups in total. The lowest BCUT2D eigenvalue weighted by molar-refractivity contribution is -0.150. The van der Waals surface area contributed by atoms with Crippen molar-refractivity contribution in [2.75, 3.05) is 31.1 Å². The van der Waals surface area contributed by atoms with Gasteiger partial charge in [-0.05, 0) is 26.7 Å². The largest absolute Gasteiger partial charge is 0.481 e. The van der Waals surface area contributed by atoms with Crippen LogP contribution >= 0.6 is 0 Å². The number of aliphatic carboxylic acids is 1. The number of carbonyl (C=O) groups excluding carboxylic acids is 1. The van der Waals surface area contributed by atoms with Crippen LogP contribution in [0.25, 0.3) is 0 Å². The molecule has 0 bridgehead atoms. The van der Waals surface area contributed by atoms with Crippen molar-refractivity contribution in [1.29, 1.82) is 0 Å². The van der Waals surface area contributed by atoms with E-state index in [1.165, 1.54) is 0 Å². The minimum absolute atomic E-state index is 0.000574. The second-order valence-electron chi connectivity index (χ2n) is 6.29. The topological polar surface area (TPSA) is 95.0 Å². The number of rotatable bonds is 1. The highest BCUT2D eigenvalue weighted by molar-refractivity contribution is 7.91. The van der Waals surface area contributed by atoms with Crippen LogP contribution in [-0.4, -0.2) is 72.5 Å². The van der Waals surface area contributed by atoms with Gasteiger partial charge in [0.1, 0.15) is 0 Å². The van der Waals surface area contributed by atoms with Gasteiger partial charge in [-0.3, -0.25) is 4.79 Å². The van der Waals surface area contributed by atoms with E-state index in [0.29, 0.717) is 25.9 Å². The van der Waals surface area contributed by atoms with Crippen molar-refractivity contribution in [3.8, 4) is 0 Å². The molecule has 2 heterocycles. The molecule has 2 fully saturated rings. The number of nitrogens with zero attached hydrogens (tertiary/aromatic N) is 2. The highest BCUT2D eigenvalue weighted by atomic mass is 32.2. The maximum Gasteiger partial charge on any atom is 0.320 e. The molecule has 1 unspecified atom stereocenters. The molecule has 2 saturated heterocycles. The summed E-state index contributed by atoms with van der Waals surface area (Å²) in [7, 11) is -3.05. The first kappa shape index (κ1) is 16.1. The minimum atomic E-state index is -3.05. The Morgan fingerprint density at radius 3 is 2.24 bits per heavy atom. The third kappa shape index (κ3) is 3.30. The second kappa shape index (κ2) is 5.47. The van der Waals surface area contributed by atoms with Gasteiger partial charge in [-0.15, -0.1) is 0 Å². The molecule has 0 aliphatic carbocycles. The molecule has 0 aromatic carbocycles. The first-order valence-electron chi connectivity index (χ1n) is 7.14. The van der Waals surface area contributed by atoms with E-state index in [-0.39, 0.29) is 30.1 Å². The molecule has 0 aromatic heterocycles. The monoisotopic (exact) mass is 318 g/mol. The molecule has 120 valence electrons. The Morgan fingerprint density at radius 1 is 1.19 bits per heavy atom. The van der Waals surface area contributed by atoms with Crippen molar-refractivity contribution < 1.29 is 23.1 Å². The number of hydrogen-bond donors (Lipinski definition) is 1. The van der Waals surface area contributed by atoms with Crippen molar-refractivity contribution in [2.45, 2.75) is 32.7 Å². The third-order valence-electron chi connectivity index (χ3n) is 4.57. The SMILES string of the molecule is CC1CS(=O)(=O)CCN1C(=O)N1CCC(C)(C(=O)O)CC1. The first-order chi connectivity index (χ1) is 9.65. The van der Waals surface area contributed by atoms with E-state index in [1.54, 1.807) is 23.6 Å². The van der Waals surface area contributed by atoms with Crippen LogP contribution in [-0.2, 0) is 14.6 Å². The second-order valence-corrected chi connectivity index (χ2v) is 8.52. The number of amides is 2. The molecule has 2 aliphatic rings. The molecule has 1 atom stereocenters. The molecular weight excluding hydrogens is 296 g/mol. The van der Waals surface area contributed by atoms with Crippen molar-refractivity contribution in [1.82, 2.24) is 9.80 Å². The summed E-state index contributed by atoms with van der Waals surface area (Å²) < 4.78 is 23.1. The molecule has 0 aromatic rings. The lowest BCUT2D eigenvalue weighted by atomic mass is 9.80. The van der Waals surface area contributed by atoms with E-state index in [9.17, 15) is 23.1 Å². The van der Waals surface area contributed by atoms with Crippen molar-refractivity contribution in [3.63, 3.8) is 0 Å². The van der Waals surface area contributed by atoms with E-state index < -0.39 is 21.2 Å². The zero-order chi connectivity index (χ0) is 15.8. The summed E-state index contributed by atoms with van der Waals surface area (Å²) >= 11 is 0. The molecule has 0 radical (unpaired) electrons. The maximum absolute atomic E-state index is 12.5. The quantitative estimate of drug-likeness (QED) is 0.755. The number of carboxylic acids is 1. The van der Waals surface area contributed by atoms with E-state index in [0.717, 1.165) is 0 Å². The molecule has 2 amide bonds. The van der Waals surface area contributed by atoms with Crippen LogP contribution in [0.4, 0.5) is 4.79 Å². The summed E-state index contributed by atoms with van der Waals surface area (Å²) in [5.41, 5.74) is -0.770. The normalized spacial score (nSPS) is 28.2. The number of urea groups is 1. The van der Waals surface area contributed by atoms with Gasteiger partial charge in [-0.2, -0.15) is 0 Å². The van der Waals surface area contributed by atoms with Gasteiger partial charge in [0.05, 0.1) is 16.9 Å². The fourth-order valence-corrected chi connectivity index (χ4v) is 4.43. The van der Waals surface area contributed by atoms with Crippen LogP contribution in [0.1, 0.15) is 26.7 Å². The summed E-state index contributed by atoms with van der Waals surface area (Å²) in [6, 6.07) is -0.506. The van der Waals surface area contributed by atoms with Crippen molar-refractivity contribution >= 4 is 21.8 Å². The van der Waals surface area contributed by atoms with Crippen molar-refractivity contribution in [3.05, 3.63) is 0 Å². The highest BCUT2D eigenvalue weighted by Gasteiger charge is 2.40. The molecule has 0 spiro atoms. The summed E-state index contributed by atoms with van der Waals surface area (Å²) in [6.07, 6.45) is 0.850. The van der Waals surface area contributed by atoms with E-state index in [1.807, 2.05) is 0 Å². The highest BCUT2D eigenvalue weighted by Crippen LogP contribution is 2.31. The van der Waals surface area contributed by atoms with Crippen molar-refractivity contribution in [2.24, 2.45) is 5.41 Å². The molecule has 8 heteroatoms. The number of sulfone groups is 1. The lowest BCUT2D eigenvalue weighted by Crippen LogP contribution is -2.56. The summed E-state index contributed by atoms with van der Waals surface area (Å²) in [5, 5.41) is 9.19. The predicted octanol–water partition coefficient (Wildman–Crippen LogP) is 0.412. The number of hydrogen-bond acceptors (Lipinski definition) is 4. The average Bonchev–Trinajstić information content (AvgIpc) is 2.37. The average molecular weight is 318 g/mol. The van der Waals surface area contributed by atoms with Gasteiger partial charge in [0.15, 0.2) is 9.84 Å². The fourth-order valence-electron chi connectivity index (χ4n) is 2.87. The maximum atomic E-state index is 12.5. The van der Waals surface area contributed by atoms with Crippen LogP contribution in [0, 0.1) is 5.41 Å². The Morgan fingerprint density at radius 2 is 1.76 bits per heavy atom. The van der Waals surface area contributed by atoms with Gasteiger partial charge < -0.3 is 14.9 Å². The molecule has 7 nitrogen and oxygen atoms in total. The first-order valence-corrected chi connectivity index (χ1v) is 8.96. The smallest absolute Gasteiger partial charge is 0.320 e. The van der Waals surface area contributed by atoms with Gasteiger partial charge >= 0.3 is 12.0 Å². The van der Waals surface area contributed by atoms with E-state index >= 15 is 0 Å². The number of carbonyl (C=O) groups is 2. The Bertz CT molecular complexity index is 537. The molecular formula is C13H22N2O5S. The molecule has 0 saturated carbocycles. The van der Waals surface area contributed by atoms with Gasteiger partial charge in [0.2, 0.25) is 0 Å². The fraction of sp³-hybridized carbons (Fsp3) is 0.846. The Hall–Kier alpha value is -1.31. The van der Waals surface area contributed by atoms with Crippen LogP contribution in [0.5, 0.6) is 0 Å². The number of piperidine rings is 1. The van der Waals surface area contributed by atoms with E-state index in [4.69, 9.17) is 0 Å². The summed E-state index contributed by atoms with van der Waals surface area (Å²) in [4.78, 5) is 26.9. The van der Waals surface area contributed by atoms with Crippen LogP contribution in [0.15, 0.2) is 0 Å². The zero-order valence-electron chi connectivity index (χ0n) is 12.4. The zero-order valence-corrected chi connectivity index (χ0v) is 13.2. The third-order valence-corrected chi connectivity index (χ3v) is 6.36. The molecule has 2 aliphatic heterocycles. The summed E-state index contributed by atoms with van der Waals surface area (Å²) in [5.74, 6) is -0.824. The van der Waals surface area contributed by atoms with Gasteiger partial charge in [0, 0.05) is 25.7 Å². The van der Waals surface area contributed by atoms with E-state index in [2.05, 4.69) is 0 Å². The Labute approximate surface area is 124 Å². The van der Waals surface area contributed by atoms with Crippen LogP contribution in [0.3, 0.4) is 0 Å². The Balaban J connectivity index is 1.98. The van der Waals surface area contributed by atoms with Gasteiger partial charge in [0.25, 0.3) is 0 Å². The Kier molecular flexibility index (Phi) is 4.19. The molecule has 2 rings (SSSR count). The number of likely N-dealkylation sites (tertiary alicyclic amines) is 1. The minimum Gasteiger partial charge on any atom is -0.481 e. The van der Waals surface area contributed by atoms with Crippen LogP contribution in [0.2, 0.25) is 0 Å². The standard InChI is InChI=1S/C13H22N2O5S/c1-10-9-21(19,20)8-7-15(10)12(18)14-5-3-13(2,4-6-14)11(16)17/h10H,3-9H2,1-2H3,(H,16,17). The summed E-state index contributed by atoms with van der Waals surface area (Å²) in [6.45, 7) is 4.46. The van der Waals surface area contributed by atoms with Crippen LogP contribution < -0.4 is 0 Å². The lowest BCUT2D eigenvalue weighted by Gasteiger charge is -2.41. The van der Waals surface area contributed by atoms with Gasteiger partial charge in [-0.25, -0.2) is 13.2 Å². The predicted molar refractivity (Wildman–Crippen MR) is 76.8 cm³/mol. The van der Waals surface area contributed by atoms with Gasteiger partial charge in [-0.1, -0.05) is 0 Å².